The van der Waals surface area contributed by atoms with Crippen LogP contribution in [0, 0.1) is 0 Å². The predicted molar refractivity (Wildman–Crippen MR) is 74.6 cm³/mol. The first-order valence-corrected chi connectivity index (χ1v) is 6.18. The van der Waals surface area contributed by atoms with Crippen LogP contribution < -0.4 is 9.64 Å². The summed E-state index contributed by atoms with van der Waals surface area (Å²) in [5.74, 6) is 1.80. The number of aromatic nitrogens is 1. The van der Waals surface area contributed by atoms with Crippen molar-refractivity contribution in [2.45, 2.75) is 5.88 Å². The van der Waals surface area contributed by atoms with Crippen molar-refractivity contribution in [2.24, 2.45) is 0 Å². The van der Waals surface area contributed by atoms with Crippen LogP contribution in [0.15, 0.2) is 42.6 Å². The Labute approximate surface area is 112 Å². The molecule has 0 fully saturated rings. The number of ether oxygens (including phenoxy) is 1. The number of benzene rings is 1. The van der Waals surface area contributed by atoms with Crippen LogP contribution >= 0.6 is 11.6 Å². The fourth-order valence-electron chi connectivity index (χ4n) is 1.50. The molecule has 0 saturated heterocycles. The van der Waals surface area contributed by atoms with E-state index in [-0.39, 0.29) is 0 Å². The minimum absolute atomic E-state index is 0.462. The van der Waals surface area contributed by atoms with E-state index in [4.69, 9.17) is 16.3 Å². The molecule has 1 aromatic heterocycles. The molecule has 0 aliphatic heterocycles. The van der Waals surface area contributed by atoms with Crippen molar-refractivity contribution in [3.63, 3.8) is 0 Å². The van der Waals surface area contributed by atoms with Crippen LogP contribution in [0.4, 0.5) is 5.69 Å². The Morgan fingerprint density at radius 2 is 2.06 bits per heavy atom. The highest BCUT2D eigenvalue weighted by Gasteiger charge is 2.01. The van der Waals surface area contributed by atoms with E-state index in [0.717, 1.165) is 17.0 Å². The van der Waals surface area contributed by atoms with Crippen LogP contribution in [0.5, 0.6) is 11.6 Å². The predicted octanol–water partition coefficient (Wildman–Crippen LogP) is 3.68. The van der Waals surface area contributed by atoms with E-state index >= 15 is 0 Å². The van der Waals surface area contributed by atoms with Crippen molar-refractivity contribution in [3.8, 4) is 11.6 Å². The Kier molecular flexibility index (Phi) is 4.05. The summed E-state index contributed by atoms with van der Waals surface area (Å²) in [6.45, 7) is 0. The summed E-state index contributed by atoms with van der Waals surface area (Å²) < 4.78 is 5.69. The fourth-order valence-corrected chi connectivity index (χ4v) is 1.65. The molecular formula is C14H15ClN2O. The number of rotatable bonds is 4. The Bertz CT molecular complexity index is 511. The highest BCUT2D eigenvalue weighted by atomic mass is 35.5. The summed E-state index contributed by atoms with van der Waals surface area (Å²) in [5.41, 5.74) is 2.07. The van der Waals surface area contributed by atoms with Gasteiger partial charge in [-0.3, -0.25) is 0 Å². The number of alkyl halides is 1. The first-order valence-electron chi connectivity index (χ1n) is 5.65. The van der Waals surface area contributed by atoms with Gasteiger partial charge in [0.2, 0.25) is 5.88 Å². The largest absolute Gasteiger partial charge is 0.439 e. The third-order valence-corrected chi connectivity index (χ3v) is 2.82. The number of halogens is 1. The molecule has 0 spiro atoms. The number of anilines is 1. The molecule has 2 aromatic rings. The van der Waals surface area contributed by atoms with E-state index < -0.39 is 0 Å². The van der Waals surface area contributed by atoms with Gasteiger partial charge < -0.3 is 9.64 Å². The molecule has 0 aliphatic rings. The van der Waals surface area contributed by atoms with E-state index in [1.807, 2.05) is 55.4 Å². The number of nitrogens with zero attached hydrogens (tertiary/aromatic N) is 2. The van der Waals surface area contributed by atoms with Crippen molar-refractivity contribution >= 4 is 17.3 Å². The third kappa shape index (κ3) is 3.14. The minimum Gasteiger partial charge on any atom is -0.439 e. The van der Waals surface area contributed by atoms with Crippen LogP contribution in [0.1, 0.15) is 5.56 Å². The first-order chi connectivity index (χ1) is 8.69. The second-order valence-corrected chi connectivity index (χ2v) is 4.40. The van der Waals surface area contributed by atoms with Crippen molar-refractivity contribution in [1.82, 2.24) is 4.98 Å². The van der Waals surface area contributed by atoms with Crippen molar-refractivity contribution in [3.05, 3.63) is 48.2 Å². The molecule has 94 valence electrons. The SMILES string of the molecule is CN(C)c1cccc(Oc2ccc(CCl)cn2)c1. The molecule has 0 radical (unpaired) electrons. The first kappa shape index (κ1) is 12.7. The summed E-state index contributed by atoms with van der Waals surface area (Å²) >= 11 is 5.71. The number of pyridine rings is 1. The van der Waals surface area contributed by atoms with Gasteiger partial charge in [-0.25, -0.2) is 4.98 Å². The van der Waals surface area contributed by atoms with Gasteiger partial charge >= 0.3 is 0 Å². The quantitative estimate of drug-likeness (QED) is 0.786. The van der Waals surface area contributed by atoms with Crippen molar-refractivity contribution < 1.29 is 4.74 Å². The second kappa shape index (κ2) is 5.74. The third-order valence-electron chi connectivity index (χ3n) is 2.51. The summed E-state index contributed by atoms with van der Waals surface area (Å²) in [6, 6.07) is 11.6. The standard InChI is InChI=1S/C14H15ClN2O/c1-17(2)12-4-3-5-13(8-12)18-14-7-6-11(9-15)10-16-14/h3-8,10H,9H2,1-2H3. The molecule has 1 aromatic carbocycles. The average Bonchev–Trinajstić information content (AvgIpc) is 2.40. The highest BCUT2D eigenvalue weighted by molar-refractivity contribution is 6.17. The van der Waals surface area contributed by atoms with Gasteiger partial charge in [0.25, 0.3) is 0 Å². The molecule has 0 bridgehead atoms. The van der Waals surface area contributed by atoms with Gasteiger partial charge in [0.1, 0.15) is 5.75 Å². The molecule has 0 saturated carbocycles. The van der Waals surface area contributed by atoms with Gasteiger partial charge in [0.05, 0.1) is 0 Å². The van der Waals surface area contributed by atoms with E-state index in [9.17, 15) is 0 Å². The van der Waals surface area contributed by atoms with Crippen LogP contribution in [0.25, 0.3) is 0 Å². The molecule has 0 N–H and O–H groups in total. The Morgan fingerprint density at radius 1 is 1.22 bits per heavy atom. The zero-order valence-electron chi connectivity index (χ0n) is 10.4. The zero-order valence-corrected chi connectivity index (χ0v) is 11.2. The lowest BCUT2D eigenvalue weighted by molar-refractivity contribution is 0.462. The van der Waals surface area contributed by atoms with Crippen LogP contribution in [0.2, 0.25) is 0 Å². The lowest BCUT2D eigenvalue weighted by Crippen LogP contribution is -2.08. The van der Waals surface area contributed by atoms with E-state index in [1.165, 1.54) is 0 Å². The Hall–Kier alpha value is -1.74. The van der Waals surface area contributed by atoms with Gasteiger partial charge in [-0.15, -0.1) is 11.6 Å². The van der Waals surface area contributed by atoms with E-state index in [2.05, 4.69) is 4.98 Å². The summed E-state index contributed by atoms with van der Waals surface area (Å²) in [4.78, 5) is 6.22. The van der Waals surface area contributed by atoms with Gasteiger partial charge in [-0.1, -0.05) is 12.1 Å². The average molecular weight is 263 g/mol. The normalized spacial score (nSPS) is 10.2. The smallest absolute Gasteiger partial charge is 0.219 e. The minimum atomic E-state index is 0.462. The Balaban J connectivity index is 2.15. The van der Waals surface area contributed by atoms with Gasteiger partial charge in [0, 0.05) is 44.0 Å². The molecule has 3 nitrogen and oxygen atoms in total. The molecule has 4 heteroatoms. The fraction of sp³-hybridized carbons (Fsp3) is 0.214. The highest BCUT2D eigenvalue weighted by Crippen LogP contribution is 2.24. The van der Waals surface area contributed by atoms with Crippen LogP contribution in [-0.4, -0.2) is 19.1 Å². The van der Waals surface area contributed by atoms with Gasteiger partial charge in [0.15, 0.2) is 0 Å². The maximum absolute atomic E-state index is 5.71. The van der Waals surface area contributed by atoms with Crippen LogP contribution in [0.3, 0.4) is 0 Å². The lowest BCUT2D eigenvalue weighted by Gasteiger charge is -2.13. The molecule has 1 heterocycles. The maximum atomic E-state index is 5.71. The molecule has 0 amide bonds. The molecule has 18 heavy (non-hydrogen) atoms. The van der Waals surface area contributed by atoms with Gasteiger partial charge in [-0.2, -0.15) is 0 Å². The van der Waals surface area contributed by atoms with Gasteiger partial charge in [-0.05, 0) is 17.7 Å². The molecule has 2 rings (SSSR count). The van der Waals surface area contributed by atoms with Crippen molar-refractivity contribution in [1.29, 1.82) is 0 Å². The van der Waals surface area contributed by atoms with Crippen LogP contribution in [-0.2, 0) is 5.88 Å². The Morgan fingerprint density at radius 3 is 2.67 bits per heavy atom. The maximum Gasteiger partial charge on any atom is 0.219 e. The topological polar surface area (TPSA) is 25.4 Å². The molecule has 0 aliphatic carbocycles. The summed E-state index contributed by atoms with van der Waals surface area (Å²) in [7, 11) is 3.99. The monoisotopic (exact) mass is 262 g/mol. The summed E-state index contributed by atoms with van der Waals surface area (Å²) in [5, 5.41) is 0. The molecular weight excluding hydrogens is 248 g/mol. The van der Waals surface area contributed by atoms with E-state index in [0.29, 0.717) is 11.8 Å². The zero-order chi connectivity index (χ0) is 13.0. The molecule has 0 atom stereocenters. The van der Waals surface area contributed by atoms with E-state index in [1.54, 1.807) is 6.20 Å². The number of hydrogen-bond acceptors (Lipinski definition) is 3. The molecule has 0 unspecified atom stereocenters. The lowest BCUT2D eigenvalue weighted by atomic mass is 10.3. The second-order valence-electron chi connectivity index (χ2n) is 4.13. The number of hydrogen-bond donors (Lipinski definition) is 0. The van der Waals surface area contributed by atoms with Crippen molar-refractivity contribution in [2.75, 3.05) is 19.0 Å². The summed E-state index contributed by atoms with van der Waals surface area (Å²) in [6.07, 6.45) is 1.72.